The third kappa shape index (κ3) is 3.67. The van der Waals surface area contributed by atoms with Crippen LogP contribution in [-0.2, 0) is 0 Å². The molecule has 0 aliphatic heterocycles. The molecule has 1 N–H and O–H groups in total. The van der Waals surface area contributed by atoms with Gasteiger partial charge in [0.25, 0.3) is 5.91 Å². The van der Waals surface area contributed by atoms with Gasteiger partial charge >= 0.3 is 0 Å². The van der Waals surface area contributed by atoms with Crippen molar-refractivity contribution in [2.24, 2.45) is 0 Å². The van der Waals surface area contributed by atoms with Gasteiger partial charge in [0.2, 0.25) is 0 Å². The monoisotopic (exact) mass is 309 g/mol. The molecule has 0 aromatic heterocycles. The van der Waals surface area contributed by atoms with Crippen LogP contribution in [0.3, 0.4) is 0 Å². The van der Waals surface area contributed by atoms with Crippen LogP contribution in [0.4, 0.5) is 0 Å². The van der Waals surface area contributed by atoms with Gasteiger partial charge in [-0.3, -0.25) is 4.79 Å². The number of hydrogen-bond acceptors (Lipinski definition) is 1. The third-order valence-corrected chi connectivity index (χ3v) is 3.07. The van der Waals surface area contributed by atoms with Crippen molar-refractivity contribution in [2.45, 2.75) is 13.0 Å². The maximum Gasteiger partial charge on any atom is 0.253 e. The van der Waals surface area contributed by atoms with Crippen molar-refractivity contribution in [1.82, 2.24) is 5.32 Å². The second-order valence-electron chi connectivity index (χ2n) is 3.15. The first-order valence-corrected chi connectivity index (χ1v) is 6.07. The topological polar surface area (TPSA) is 29.1 Å². The largest absolute Gasteiger partial charge is 0.348 e. The normalized spacial score (nSPS) is 12.3. The number of hydrogen-bond donors (Lipinski definition) is 1. The van der Waals surface area contributed by atoms with E-state index in [0.29, 0.717) is 16.5 Å². The number of nitrogens with one attached hydrogen (secondary N) is 1. The van der Waals surface area contributed by atoms with E-state index in [2.05, 4.69) is 21.2 Å². The van der Waals surface area contributed by atoms with E-state index in [-0.39, 0.29) is 11.9 Å². The molecule has 0 radical (unpaired) electrons. The molecule has 15 heavy (non-hydrogen) atoms. The predicted octanol–water partition coefficient (Wildman–Crippen LogP) is 3.46. The summed E-state index contributed by atoms with van der Waals surface area (Å²) in [7, 11) is 0. The fourth-order valence-corrected chi connectivity index (χ4v) is 1.65. The number of halogens is 3. The lowest BCUT2D eigenvalue weighted by Gasteiger charge is -2.11. The lowest BCUT2D eigenvalue weighted by Crippen LogP contribution is -2.33. The van der Waals surface area contributed by atoms with E-state index in [4.69, 9.17) is 23.2 Å². The Hall–Kier alpha value is -0.250. The predicted molar refractivity (Wildman–Crippen MR) is 66.8 cm³/mol. The Labute approximate surface area is 107 Å². The molecule has 1 amide bonds. The number of benzene rings is 1. The molecule has 2 nitrogen and oxygen atoms in total. The van der Waals surface area contributed by atoms with Crippen molar-refractivity contribution in [2.75, 3.05) is 5.88 Å². The highest BCUT2D eigenvalue weighted by atomic mass is 79.9. The number of carbonyl (C=O) groups excluding carboxylic acids is 1. The molecule has 0 aliphatic rings. The van der Waals surface area contributed by atoms with Gasteiger partial charge in [0.05, 0.1) is 10.6 Å². The minimum absolute atomic E-state index is 0.0748. The molecule has 1 rings (SSSR count). The first kappa shape index (κ1) is 12.8. The average molecular weight is 311 g/mol. The van der Waals surface area contributed by atoms with Crippen LogP contribution in [0, 0.1) is 0 Å². The molecule has 0 saturated heterocycles. The summed E-state index contributed by atoms with van der Waals surface area (Å²) in [4.78, 5) is 11.7. The van der Waals surface area contributed by atoms with Crippen molar-refractivity contribution >= 4 is 45.0 Å². The molecule has 1 atom stereocenters. The standard InChI is InChI=1S/C10H10BrCl2NO/c1-6(5-12)14-10(15)8-4-7(11)2-3-9(8)13/h2-4,6H,5H2,1H3,(H,14,15). The fourth-order valence-electron chi connectivity index (χ4n) is 1.01. The lowest BCUT2D eigenvalue weighted by atomic mass is 10.2. The van der Waals surface area contributed by atoms with Crippen LogP contribution in [0.1, 0.15) is 17.3 Å². The molecule has 82 valence electrons. The summed E-state index contributed by atoms with van der Waals surface area (Å²) in [6, 6.07) is 5.06. The summed E-state index contributed by atoms with van der Waals surface area (Å²) >= 11 is 14.8. The van der Waals surface area contributed by atoms with E-state index >= 15 is 0 Å². The summed E-state index contributed by atoms with van der Waals surface area (Å²) < 4.78 is 0.815. The van der Waals surface area contributed by atoms with Crippen molar-refractivity contribution in [1.29, 1.82) is 0 Å². The summed E-state index contributed by atoms with van der Waals surface area (Å²) in [5, 5.41) is 3.17. The van der Waals surface area contributed by atoms with Gasteiger partial charge in [-0.15, -0.1) is 11.6 Å². The summed E-state index contributed by atoms with van der Waals surface area (Å²) in [6.07, 6.45) is 0. The number of carbonyl (C=O) groups is 1. The van der Waals surface area contributed by atoms with Gasteiger partial charge in [0.15, 0.2) is 0 Å². The van der Waals surface area contributed by atoms with Gasteiger partial charge in [-0.2, -0.15) is 0 Å². The van der Waals surface area contributed by atoms with E-state index in [1.165, 1.54) is 0 Å². The van der Waals surface area contributed by atoms with E-state index in [1.807, 2.05) is 6.92 Å². The zero-order valence-electron chi connectivity index (χ0n) is 8.06. The highest BCUT2D eigenvalue weighted by Gasteiger charge is 2.12. The Kier molecular flexibility index (Phi) is 4.90. The fraction of sp³-hybridized carbons (Fsp3) is 0.300. The molecule has 1 aromatic rings. The molecule has 5 heteroatoms. The zero-order chi connectivity index (χ0) is 11.4. The number of amides is 1. The molecule has 0 bridgehead atoms. The highest BCUT2D eigenvalue weighted by Crippen LogP contribution is 2.20. The second kappa shape index (κ2) is 5.73. The first-order chi connectivity index (χ1) is 7.04. The maximum absolute atomic E-state index is 11.7. The van der Waals surface area contributed by atoms with Gasteiger partial charge in [-0.25, -0.2) is 0 Å². The maximum atomic E-state index is 11.7. The van der Waals surface area contributed by atoms with Gasteiger partial charge in [0, 0.05) is 16.4 Å². The molecule has 0 saturated carbocycles. The SMILES string of the molecule is CC(CCl)NC(=O)c1cc(Br)ccc1Cl. The lowest BCUT2D eigenvalue weighted by molar-refractivity contribution is 0.0943. The first-order valence-electron chi connectivity index (χ1n) is 4.36. The van der Waals surface area contributed by atoms with Crippen LogP contribution in [0.25, 0.3) is 0 Å². The second-order valence-corrected chi connectivity index (χ2v) is 4.78. The average Bonchev–Trinajstić information content (AvgIpc) is 2.21. The number of alkyl halides is 1. The van der Waals surface area contributed by atoms with Gasteiger partial charge in [-0.05, 0) is 25.1 Å². The molecule has 0 spiro atoms. The molecule has 0 fully saturated rings. The Morgan fingerprint density at radius 3 is 2.87 bits per heavy atom. The highest BCUT2D eigenvalue weighted by molar-refractivity contribution is 9.10. The number of rotatable bonds is 3. The van der Waals surface area contributed by atoms with Crippen LogP contribution in [0.5, 0.6) is 0 Å². The van der Waals surface area contributed by atoms with E-state index < -0.39 is 0 Å². The molecule has 1 aromatic carbocycles. The van der Waals surface area contributed by atoms with E-state index in [1.54, 1.807) is 18.2 Å². The van der Waals surface area contributed by atoms with E-state index in [9.17, 15) is 4.79 Å². The Morgan fingerprint density at radius 1 is 1.60 bits per heavy atom. The van der Waals surface area contributed by atoms with Crippen LogP contribution < -0.4 is 5.32 Å². The summed E-state index contributed by atoms with van der Waals surface area (Å²) in [6.45, 7) is 1.83. The van der Waals surface area contributed by atoms with Crippen molar-refractivity contribution < 1.29 is 4.79 Å². The summed E-state index contributed by atoms with van der Waals surface area (Å²) in [5.41, 5.74) is 0.447. The van der Waals surface area contributed by atoms with Crippen LogP contribution in [-0.4, -0.2) is 17.8 Å². The molecule has 0 heterocycles. The molecule has 1 unspecified atom stereocenters. The smallest absolute Gasteiger partial charge is 0.253 e. The summed E-state index contributed by atoms with van der Waals surface area (Å²) in [5.74, 6) is 0.159. The van der Waals surface area contributed by atoms with E-state index in [0.717, 1.165) is 4.47 Å². The van der Waals surface area contributed by atoms with Gasteiger partial charge in [-0.1, -0.05) is 27.5 Å². The quantitative estimate of drug-likeness (QED) is 0.851. The van der Waals surface area contributed by atoms with Crippen molar-refractivity contribution in [3.05, 3.63) is 33.3 Å². The van der Waals surface area contributed by atoms with Crippen molar-refractivity contribution in [3.63, 3.8) is 0 Å². The van der Waals surface area contributed by atoms with Gasteiger partial charge < -0.3 is 5.32 Å². The minimum atomic E-state index is -0.213. The van der Waals surface area contributed by atoms with Crippen molar-refractivity contribution in [3.8, 4) is 0 Å². The minimum Gasteiger partial charge on any atom is -0.348 e. The Bertz CT molecular complexity index is 370. The Morgan fingerprint density at radius 2 is 2.27 bits per heavy atom. The third-order valence-electron chi connectivity index (χ3n) is 1.78. The molecular weight excluding hydrogens is 301 g/mol. The van der Waals surface area contributed by atoms with Crippen LogP contribution in [0.2, 0.25) is 5.02 Å². The van der Waals surface area contributed by atoms with Gasteiger partial charge in [0.1, 0.15) is 0 Å². The van der Waals surface area contributed by atoms with Crippen LogP contribution in [0.15, 0.2) is 22.7 Å². The zero-order valence-corrected chi connectivity index (χ0v) is 11.2. The molecule has 0 aliphatic carbocycles. The Balaban J connectivity index is 2.86. The molecular formula is C10H10BrCl2NO. The van der Waals surface area contributed by atoms with Crippen LogP contribution >= 0.6 is 39.1 Å².